The number of nitrogen functional groups attached to an aromatic ring is 1. The molecule has 0 atom stereocenters. The van der Waals surface area contributed by atoms with E-state index >= 15 is 0 Å². The van der Waals surface area contributed by atoms with E-state index < -0.39 is 0 Å². The third-order valence-corrected chi connectivity index (χ3v) is 2.70. The van der Waals surface area contributed by atoms with Gasteiger partial charge in [-0.25, -0.2) is 0 Å². The highest BCUT2D eigenvalue weighted by Gasteiger charge is 2.13. The molecule has 0 radical (unpaired) electrons. The van der Waals surface area contributed by atoms with Crippen LogP contribution in [0.3, 0.4) is 0 Å². The molecule has 18 heavy (non-hydrogen) atoms. The van der Waals surface area contributed by atoms with E-state index in [4.69, 9.17) is 21.8 Å². The minimum absolute atomic E-state index is 0.0318. The van der Waals surface area contributed by atoms with Crippen LogP contribution in [0.5, 0.6) is 5.75 Å². The van der Waals surface area contributed by atoms with Gasteiger partial charge >= 0.3 is 0 Å². The van der Waals surface area contributed by atoms with Crippen LogP contribution in [0.1, 0.15) is 15.9 Å². The Kier molecular flexibility index (Phi) is 3.43. The van der Waals surface area contributed by atoms with Crippen molar-refractivity contribution in [2.45, 2.75) is 6.54 Å². The van der Waals surface area contributed by atoms with E-state index in [2.05, 4.69) is 5.32 Å². The molecule has 0 saturated carbocycles. The maximum atomic E-state index is 11.7. The second-order valence-corrected chi connectivity index (χ2v) is 4.02. The van der Waals surface area contributed by atoms with Crippen LogP contribution in [0.25, 0.3) is 0 Å². The average Bonchev–Trinajstić information content (AvgIpc) is 2.76. The van der Waals surface area contributed by atoms with Gasteiger partial charge in [0.05, 0.1) is 11.8 Å². The number of rotatable bonds is 3. The topological polar surface area (TPSA) is 88.5 Å². The number of phenolic OH excluding ortho intramolecular Hbond substituents is 1. The lowest BCUT2D eigenvalue weighted by Crippen LogP contribution is -2.22. The van der Waals surface area contributed by atoms with Gasteiger partial charge in [-0.2, -0.15) is 0 Å². The van der Waals surface area contributed by atoms with Crippen LogP contribution in [0, 0.1) is 0 Å². The van der Waals surface area contributed by atoms with Crippen molar-refractivity contribution in [3.8, 4) is 5.75 Å². The van der Waals surface area contributed by atoms with Crippen LogP contribution in [0.2, 0.25) is 5.22 Å². The maximum Gasteiger partial charge on any atom is 0.256 e. The zero-order valence-electron chi connectivity index (χ0n) is 9.31. The molecule has 0 bridgehead atoms. The molecule has 4 N–H and O–H groups in total. The number of halogens is 1. The summed E-state index contributed by atoms with van der Waals surface area (Å²) in [5.74, 6) is -0.307. The molecule has 6 heteroatoms. The van der Waals surface area contributed by atoms with Gasteiger partial charge in [-0.3, -0.25) is 4.79 Å². The number of hydrogen-bond acceptors (Lipinski definition) is 4. The van der Waals surface area contributed by atoms with E-state index in [1.165, 1.54) is 18.4 Å². The predicted octanol–water partition coefficient (Wildman–Crippen LogP) is 2.15. The molecule has 0 aliphatic carbocycles. The van der Waals surface area contributed by atoms with E-state index in [-0.39, 0.29) is 29.0 Å². The lowest BCUT2D eigenvalue weighted by Gasteiger charge is -2.07. The number of aromatic hydroxyl groups is 1. The zero-order chi connectivity index (χ0) is 13.1. The number of amides is 1. The quantitative estimate of drug-likeness (QED) is 0.587. The van der Waals surface area contributed by atoms with Crippen LogP contribution in [-0.2, 0) is 6.54 Å². The van der Waals surface area contributed by atoms with Crippen molar-refractivity contribution in [3.63, 3.8) is 0 Å². The van der Waals surface area contributed by atoms with Gasteiger partial charge < -0.3 is 20.6 Å². The molecule has 0 spiro atoms. The van der Waals surface area contributed by atoms with Crippen molar-refractivity contribution in [2.24, 2.45) is 0 Å². The van der Waals surface area contributed by atoms with Gasteiger partial charge in [0.1, 0.15) is 5.75 Å². The van der Waals surface area contributed by atoms with Crippen LogP contribution >= 0.6 is 11.6 Å². The number of hydrogen-bond donors (Lipinski definition) is 3. The Labute approximate surface area is 108 Å². The summed E-state index contributed by atoms with van der Waals surface area (Å²) < 4.78 is 4.82. The molecular formula is C12H11ClN2O3. The second-order valence-electron chi connectivity index (χ2n) is 3.68. The summed E-state index contributed by atoms with van der Waals surface area (Å²) in [5.41, 5.74) is 6.89. The maximum absolute atomic E-state index is 11.7. The summed E-state index contributed by atoms with van der Waals surface area (Å²) in [6.45, 7) is 0.150. The summed E-state index contributed by atoms with van der Waals surface area (Å²) in [7, 11) is 0. The van der Waals surface area contributed by atoms with Crippen molar-refractivity contribution < 1.29 is 14.3 Å². The molecule has 0 unspecified atom stereocenters. The van der Waals surface area contributed by atoms with Crippen molar-refractivity contribution in [1.82, 2.24) is 5.32 Å². The lowest BCUT2D eigenvalue weighted by atomic mass is 10.1. The molecule has 5 nitrogen and oxygen atoms in total. The van der Waals surface area contributed by atoms with Gasteiger partial charge in [0.25, 0.3) is 5.91 Å². The van der Waals surface area contributed by atoms with E-state index in [1.54, 1.807) is 12.1 Å². The second kappa shape index (κ2) is 5.01. The van der Waals surface area contributed by atoms with Crippen molar-refractivity contribution >= 4 is 23.2 Å². The molecule has 0 aliphatic heterocycles. The third kappa shape index (κ3) is 2.57. The van der Waals surface area contributed by atoms with Gasteiger partial charge in [0.15, 0.2) is 0 Å². The van der Waals surface area contributed by atoms with Gasteiger partial charge in [-0.15, -0.1) is 0 Å². The average molecular weight is 267 g/mol. The highest BCUT2D eigenvalue weighted by Crippen LogP contribution is 2.20. The van der Waals surface area contributed by atoms with Crippen molar-refractivity contribution in [3.05, 3.63) is 46.9 Å². The Hall–Kier alpha value is -2.14. The largest absolute Gasteiger partial charge is 0.508 e. The number of benzene rings is 1. The smallest absolute Gasteiger partial charge is 0.256 e. The molecular weight excluding hydrogens is 256 g/mol. The van der Waals surface area contributed by atoms with Crippen molar-refractivity contribution in [2.75, 3.05) is 5.73 Å². The van der Waals surface area contributed by atoms with E-state index in [0.717, 1.165) is 0 Å². The Morgan fingerprint density at radius 3 is 2.89 bits per heavy atom. The number of carbonyl (C=O) groups is 1. The third-order valence-electron chi connectivity index (χ3n) is 2.41. The Balaban J connectivity index is 2.06. The zero-order valence-corrected chi connectivity index (χ0v) is 10.1. The molecule has 1 heterocycles. The number of carbonyl (C=O) groups excluding carboxylic acids is 1. The minimum Gasteiger partial charge on any atom is -0.508 e. The van der Waals surface area contributed by atoms with E-state index in [0.29, 0.717) is 11.3 Å². The van der Waals surface area contributed by atoms with Crippen LogP contribution < -0.4 is 11.1 Å². The van der Waals surface area contributed by atoms with Gasteiger partial charge in [-0.05, 0) is 35.9 Å². The molecule has 0 aliphatic rings. The fourth-order valence-corrected chi connectivity index (χ4v) is 1.67. The molecule has 0 fully saturated rings. The normalized spacial score (nSPS) is 10.3. The standard InChI is InChI=1S/C12H11ClN2O3/c13-11-9(3-4-18-11)12(17)15-6-7-5-8(14)1-2-10(7)16/h1-5,16H,6,14H2,(H,15,17). The molecule has 1 aromatic carbocycles. The fraction of sp³-hybridized carbons (Fsp3) is 0.0833. The summed E-state index contributed by atoms with van der Waals surface area (Å²) in [4.78, 5) is 11.7. The molecule has 2 aromatic rings. The Bertz CT molecular complexity index is 580. The highest BCUT2D eigenvalue weighted by atomic mass is 35.5. The minimum atomic E-state index is -0.379. The number of nitrogens with two attached hydrogens (primary N) is 1. The van der Waals surface area contributed by atoms with Crippen LogP contribution in [-0.4, -0.2) is 11.0 Å². The van der Waals surface area contributed by atoms with Gasteiger partial charge in [0, 0.05) is 17.8 Å². The number of furan rings is 1. The van der Waals surface area contributed by atoms with Crippen LogP contribution in [0.4, 0.5) is 5.69 Å². The van der Waals surface area contributed by atoms with E-state index in [1.807, 2.05) is 0 Å². The summed E-state index contributed by atoms with van der Waals surface area (Å²) >= 11 is 5.68. The summed E-state index contributed by atoms with van der Waals surface area (Å²) in [5, 5.41) is 12.2. The van der Waals surface area contributed by atoms with Gasteiger partial charge in [-0.1, -0.05) is 0 Å². The monoisotopic (exact) mass is 266 g/mol. The Morgan fingerprint density at radius 2 is 2.22 bits per heavy atom. The van der Waals surface area contributed by atoms with Gasteiger partial charge in [0.2, 0.25) is 5.22 Å². The Morgan fingerprint density at radius 1 is 1.44 bits per heavy atom. The predicted molar refractivity (Wildman–Crippen MR) is 67.4 cm³/mol. The number of nitrogens with one attached hydrogen (secondary N) is 1. The molecule has 0 saturated heterocycles. The number of phenols is 1. The SMILES string of the molecule is Nc1ccc(O)c(CNC(=O)c2ccoc2Cl)c1. The first kappa shape index (κ1) is 12.3. The first-order chi connectivity index (χ1) is 8.58. The molecule has 2 rings (SSSR count). The first-order valence-corrected chi connectivity index (χ1v) is 5.54. The molecule has 1 aromatic heterocycles. The molecule has 94 valence electrons. The summed E-state index contributed by atoms with van der Waals surface area (Å²) in [6.07, 6.45) is 1.33. The highest BCUT2D eigenvalue weighted by molar-refractivity contribution is 6.32. The van der Waals surface area contributed by atoms with Crippen LogP contribution in [0.15, 0.2) is 34.9 Å². The van der Waals surface area contributed by atoms with E-state index in [9.17, 15) is 9.90 Å². The molecule has 1 amide bonds. The lowest BCUT2D eigenvalue weighted by molar-refractivity contribution is 0.0950. The number of anilines is 1. The fourth-order valence-electron chi connectivity index (χ4n) is 1.47. The van der Waals surface area contributed by atoms with Crippen molar-refractivity contribution in [1.29, 1.82) is 0 Å². The first-order valence-electron chi connectivity index (χ1n) is 5.16. The summed E-state index contributed by atoms with van der Waals surface area (Å²) in [6, 6.07) is 6.11.